The Morgan fingerprint density at radius 2 is 1.62 bits per heavy atom. The van der Waals surface area contributed by atoms with Crippen molar-refractivity contribution in [2.45, 2.75) is 19.3 Å². The highest BCUT2D eigenvalue weighted by Crippen LogP contribution is 2.04. The molecule has 0 saturated carbocycles. The first-order valence-electron chi connectivity index (χ1n) is 6.06. The first-order chi connectivity index (χ1) is 7.72. The topological polar surface area (TPSA) is 52.7 Å². The molecule has 5 heteroatoms. The van der Waals surface area contributed by atoms with E-state index in [4.69, 9.17) is 23.1 Å². The van der Waals surface area contributed by atoms with Crippen LogP contribution in [-0.2, 0) is 0 Å². The van der Waals surface area contributed by atoms with Gasteiger partial charge in [0.1, 0.15) is 0 Å². The van der Waals surface area contributed by atoms with E-state index in [2.05, 4.69) is 9.80 Å². The first kappa shape index (κ1) is 13.8. The predicted octanol–water partition coefficient (Wildman–Crippen LogP) is 0.0527. The average molecular weight is 245 g/mol. The van der Waals surface area contributed by atoms with Gasteiger partial charge < -0.3 is 15.7 Å². The largest absolute Gasteiger partial charge is 0.395 e. The summed E-state index contributed by atoms with van der Waals surface area (Å²) in [7, 11) is 0. The molecular weight excluding hydrogens is 222 g/mol. The van der Waals surface area contributed by atoms with Crippen LogP contribution in [0.15, 0.2) is 0 Å². The van der Waals surface area contributed by atoms with Crippen LogP contribution in [0, 0.1) is 0 Å². The van der Waals surface area contributed by atoms with Gasteiger partial charge in [0.2, 0.25) is 0 Å². The zero-order valence-corrected chi connectivity index (χ0v) is 10.7. The number of aliphatic hydroxyl groups excluding tert-OH is 1. The highest BCUT2D eigenvalue weighted by atomic mass is 32.1. The summed E-state index contributed by atoms with van der Waals surface area (Å²) in [6.45, 7) is 6.63. The summed E-state index contributed by atoms with van der Waals surface area (Å²) in [5.41, 5.74) is 5.45. The number of β-amino-alcohol motifs (C(OH)–C–C–N with tert-alkyl or cyclic N) is 1. The third-order valence-electron chi connectivity index (χ3n) is 3.03. The number of nitrogens with two attached hydrogens (primary N) is 1. The number of hydrogen-bond donors (Lipinski definition) is 2. The van der Waals surface area contributed by atoms with Crippen LogP contribution in [0.3, 0.4) is 0 Å². The molecule has 0 aromatic rings. The molecule has 0 radical (unpaired) electrons. The normalized spacial score (nSPS) is 18.8. The summed E-state index contributed by atoms with van der Waals surface area (Å²) in [6, 6.07) is 0. The van der Waals surface area contributed by atoms with E-state index in [-0.39, 0.29) is 6.61 Å². The number of nitrogens with zero attached hydrogens (tertiary/aromatic N) is 2. The van der Waals surface area contributed by atoms with Gasteiger partial charge in [-0.2, -0.15) is 0 Å². The Morgan fingerprint density at radius 3 is 2.12 bits per heavy atom. The standard InChI is InChI=1S/C11H23N3OS/c12-11(16)3-1-2-4-13-5-7-14(8-6-13)9-10-15/h15H,1-10H2,(H2,12,16). The molecular formula is C11H23N3OS. The quantitative estimate of drug-likeness (QED) is 0.490. The molecule has 0 amide bonds. The van der Waals surface area contributed by atoms with Crippen molar-refractivity contribution < 1.29 is 5.11 Å². The van der Waals surface area contributed by atoms with Crippen LogP contribution in [0.2, 0.25) is 0 Å². The van der Waals surface area contributed by atoms with Gasteiger partial charge in [-0.05, 0) is 25.8 Å². The van der Waals surface area contributed by atoms with Crippen molar-refractivity contribution in [1.82, 2.24) is 9.80 Å². The lowest BCUT2D eigenvalue weighted by atomic mass is 10.2. The van der Waals surface area contributed by atoms with E-state index in [1.165, 1.54) is 6.42 Å². The second-order valence-corrected chi connectivity index (χ2v) is 4.85. The van der Waals surface area contributed by atoms with Crippen LogP contribution in [-0.4, -0.2) is 65.8 Å². The van der Waals surface area contributed by atoms with Gasteiger partial charge in [0.15, 0.2) is 0 Å². The average Bonchev–Trinajstić information content (AvgIpc) is 2.27. The van der Waals surface area contributed by atoms with Crippen LogP contribution in [0.4, 0.5) is 0 Å². The number of piperazine rings is 1. The van der Waals surface area contributed by atoms with Crippen molar-refractivity contribution in [3.8, 4) is 0 Å². The molecule has 1 aliphatic heterocycles. The number of thiocarbonyl (C=S) groups is 1. The summed E-state index contributed by atoms with van der Waals surface area (Å²) < 4.78 is 0. The van der Waals surface area contributed by atoms with Gasteiger partial charge in [-0.3, -0.25) is 4.90 Å². The maximum absolute atomic E-state index is 8.83. The van der Waals surface area contributed by atoms with E-state index in [0.29, 0.717) is 4.99 Å². The Morgan fingerprint density at radius 1 is 1.06 bits per heavy atom. The van der Waals surface area contributed by atoms with Crippen LogP contribution in [0.5, 0.6) is 0 Å². The van der Waals surface area contributed by atoms with Crippen LogP contribution < -0.4 is 5.73 Å². The molecule has 1 fully saturated rings. The van der Waals surface area contributed by atoms with E-state index in [1.54, 1.807) is 0 Å². The van der Waals surface area contributed by atoms with Crippen molar-refractivity contribution in [1.29, 1.82) is 0 Å². The van der Waals surface area contributed by atoms with E-state index in [9.17, 15) is 0 Å². The lowest BCUT2D eigenvalue weighted by Gasteiger charge is -2.34. The van der Waals surface area contributed by atoms with Crippen molar-refractivity contribution in [2.75, 3.05) is 45.9 Å². The molecule has 3 N–H and O–H groups in total. The maximum Gasteiger partial charge on any atom is 0.0727 e. The summed E-state index contributed by atoms with van der Waals surface area (Å²) >= 11 is 4.84. The predicted molar refractivity (Wildman–Crippen MR) is 70.6 cm³/mol. The number of rotatable bonds is 7. The van der Waals surface area contributed by atoms with Gasteiger partial charge in [0.05, 0.1) is 11.6 Å². The van der Waals surface area contributed by atoms with Gasteiger partial charge in [0.25, 0.3) is 0 Å². The molecule has 0 aliphatic carbocycles. The molecule has 0 spiro atoms. The Balaban J connectivity index is 2.01. The van der Waals surface area contributed by atoms with Gasteiger partial charge in [-0.15, -0.1) is 0 Å². The second-order valence-electron chi connectivity index (χ2n) is 4.33. The first-order valence-corrected chi connectivity index (χ1v) is 6.47. The third kappa shape index (κ3) is 5.75. The summed E-state index contributed by atoms with van der Waals surface area (Å²) in [6.07, 6.45) is 3.16. The van der Waals surface area contributed by atoms with Gasteiger partial charge in [0, 0.05) is 32.7 Å². The minimum atomic E-state index is 0.272. The molecule has 1 heterocycles. The van der Waals surface area contributed by atoms with E-state index < -0.39 is 0 Å². The number of aliphatic hydroxyl groups is 1. The van der Waals surface area contributed by atoms with Crippen LogP contribution >= 0.6 is 12.2 Å². The summed E-state index contributed by atoms with van der Waals surface area (Å²) in [4.78, 5) is 5.42. The molecule has 4 nitrogen and oxygen atoms in total. The van der Waals surface area contributed by atoms with E-state index in [1.807, 2.05) is 0 Å². The monoisotopic (exact) mass is 245 g/mol. The molecule has 16 heavy (non-hydrogen) atoms. The van der Waals surface area contributed by atoms with Crippen molar-refractivity contribution in [2.24, 2.45) is 5.73 Å². The third-order valence-corrected chi connectivity index (χ3v) is 3.23. The highest BCUT2D eigenvalue weighted by Gasteiger charge is 2.15. The van der Waals surface area contributed by atoms with Crippen molar-refractivity contribution >= 4 is 17.2 Å². The molecule has 0 aromatic carbocycles. The number of unbranched alkanes of at least 4 members (excludes halogenated alkanes) is 1. The van der Waals surface area contributed by atoms with E-state index >= 15 is 0 Å². The van der Waals surface area contributed by atoms with Crippen LogP contribution in [0.25, 0.3) is 0 Å². The summed E-state index contributed by atoms with van der Waals surface area (Å²) in [5.74, 6) is 0. The van der Waals surface area contributed by atoms with Gasteiger partial charge in [-0.1, -0.05) is 12.2 Å². The summed E-state index contributed by atoms with van der Waals surface area (Å²) in [5, 5.41) is 8.83. The number of hydrogen-bond acceptors (Lipinski definition) is 4. The maximum atomic E-state index is 8.83. The minimum absolute atomic E-state index is 0.272. The lowest BCUT2D eigenvalue weighted by Crippen LogP contribution is -2.47. The Kier molecular flexibility index (Phi) is 6.87. The molecule has 1 aliphatic rings. The molecule has 0 atom stereocenters. The van der Waals surface area contributed by atoms with Gasteiger partial charge >= 0.3 is 0 Å². The van der Waals surface area contributed by atoms with Gasteiger partial charge in [-0.25, -0.2) is 0 Å². The van der Waals surface area contributed by atoms with Crippen molar-refractivity contribution in [3.05, 3.63) is 0 Å². The Bertz CT molecular complexity index is 205. The Labute approximate surface area is 103 Å². The Hall–Kier alpha value is -0.230. The smallest absolute Gasteiger partial charge is 0.0727 e. The SMILES string of the molecule is NC(=S)CCCCN1CCN(CCO)CC1. The zero-order chi connectivity index (χ0) is 11.8. The molecule has 1 saturated heterocycles. The molecule has 94 valence electrons. The molecule has 0 unspecified atom stereocenters. The van der Waals surface area contributed by atoms with Crippen LogP contribution in [0.1, 0.15) is 19.3 Å². The molecule has 0 bridgehead atoms. The molecule has 0 aromatic heterocycles. The fourth-order valence-corrected chi connectivity index (χ4v) is 2.16. The minimum Gasteiger partial charge on any atom is -0.395 e. The second kappa shape index (κ2) is 7.95. The fraction of sp³-hybridized carbons (Fsp3) is 0.909. The zero-order valence-electron chi connectivity index (χ0n) is 9.90. The lowest BCUT2D eigenvalue weighted by molar-refractivity contribution is 0.111. The fourth-order valence-electron chi connectivity index (χ4n) is 2.01. The van der Waals surface area contributed by atoms with E-state index in [0.717, 1.165) is 52.1 Å². The van der Waals surface area contributed by atoms with Crippen molar-refractivity contribution in [3.63, 3.8) is 0 Å². The highest BCUT2D eigenvalue weighted by molar-refractivity contribution is 7.80. The molecule has 1 rings (SSSR count).